The molecular formula is C8H12FNO. The van der Waals surface area contributed by atoms with Crippen molar-refractivity contribution in [2.75, 3.05) is 0 Å². The summed E-state index contributed by atoms with van der Waals surface area (Å²) in [6, 6.07) is 2.73. The Bertz CT molecular complexity index is 267. The summed E-state index contributed by atoms with van der Waals surface area (Å²) in [5.74, 6) is -0.553. The van der Waals surface area contributed by atoms with Crippen LogP contribution in [0.5, 0.6) is 0 Å². The van der Waals surface area contributed by atoms with Gasteiger partial charge in [-0.2, -0.15) is 4.39 Å². The van der Waals surface area contributed by atoms with Crippen LogP contribution in [0.2, 0.25) is 0 Å². The van der Waals surface area contributed by atoms with E-state index in [-0.39, 0.29) is 0 Å². The molecule has 0 spiro atoms. The van der Waals surface area contributed by atoms with Crippen molar-refractivity contribution in [1.82, 2.24) is 4.98 Å². The molecule has 2 nitrogen and oxygen atoms in total. The van der Waals surface area contributed by atoms with Crippen molar-refractivity contribution in [1.29, 1.82) is 0 Å². The highest BCUT2D eigenvalue weighted by atomic mass is 19.1. The number of aromatic nitrogens is 1. The molecule has 3 heteroatoms. The van der Waals surface area contributed by atoms with Crippen molar-refractivity contribution in [3.05, 3.63) is 34.0 Å². The van der Waals surface area contributed by atoms with Gasteiger partial charge in [0.05, 0.1) is 0 Å². The van der Waals surface area contributed by atoms with Crippen LogP contribution in [0, 0.1) is 12.9 Å². The monoisotopic (exact) mass is 157 g/mol. The molecule has 62 valence electrons. The van der Waals surface area contributed by atoms with Crippen LogP contribution in [0.1, 0.15) is 19.4 Å². The minimum Gasteiger partial charge on any atom is -0.299 e. The fourth-order valence-electron chi connectivity index (χ4n) is 0.522. The van der Waals surface area contributed by atoms with Crippen molar-refractivity contribution in [3.63, 3.8) is 0 Å². The first kappa shape index (κ1) is 9.88. The molecule has 0 aliphatic carbocycles. The van der Waals surface area contributed by atoms with Gasteiger partial charge in [0.1, 0.15) is 0 Å². The summed E-state index contributed by atoms with van der Waals surface area (Å²) in [4.78, 5) is 12.4. The zero-order valence-corrected chi connectivity index (χ0v) is 6.94. The minimum absolute atomic E-state index is 0.405. The number of pyridine rings is 1. The number of aryl methyl sites for hydroxylation is 1. The second-order valence-corrected chi connectivity index (χ2v) is 1.82. The molecule has 0 unspecified atom stereocenters. The maximum atomic E-state index is 12.3. The molecule has 1 rings (SSSR count). The molecule has 0 aliphatic heterocycles. The molecule has 0 aromatic carbocycles. The molecule has 0 bridgehead atoms. The molecule has 0 radical (unpaired) electrons. The molecule has 0 saturated heterocycles. The third kappa shape index (κ3) is 2.98. The number of hydrogen-bond acceptors (Lipinski definition) is 1. The summed E-state index contributed by atoms with van der Waals surface area (Å²) >= 11 is 0. The first-order valence-electron chi connectivity index (χ1n) is 3.55. The highest BCUT2D eigenvalue weighted by Gasteiger charge is 1.93. The SMILES string of the molecule is CC.Cc1ccc(=O)[nH]c1F. The Hall–Kier alpha value is -1.12. The highest BCUT2D eigenvalue weighted by molar-refractivity contribution is 5.07. The average molecular weight is 157 g/mol. The summed E-state index contributed by atoms with van der Waals surface area (Å²) < 4.78 is 12.3. The number of rotatable bonds is 0. The largest absolute Gasteiger partial charge is 0.299 e. The van der Waals surface area contributed by atoms with E-state index >= 15 is 0 Å². The maximum Gasteiger partial charge on any atom is 0.250 e. The summed E-state index contributed by atoms with van der Waals surface area (Å²) in [6.07, 6.45) is 0. The van der Waals surface area contributed by atoms with Gasteiger partial charge in [0.25, 0.3) is 0 Å². The Morgan fingerprint density at radius 3 is 2.27 bits per heavy atom. The lowest BCUT2D eigenvalue weighted by Crippen LogP contribution is -2.06. The smallest absolute Gasteiger partial charge is 0.250 e. The fraction of sp³-hybridized carbons (Fsp3) is 0.375. The first-order valence-corrected chi connectivity index (χ1v) is 3.55. The van der Waals surface area contributed by atoms with Crippen molar-refractivity contribution in [2.45, 2.75) is 20.8 Å². The molecule has 0 fully saturated rings. The van der Waals surface area contributed by atoms with Gasteiger partial charge in [0, 0.05) is 11.6 Å². The molecule has 11 heavy (non-hydrogen) atoms. The standard InChI is InChI=1S/C6H6FNO.C2H6/c1-4-2-3-5(9)8-6(4)7;1-2/h2-3H,1H3,(H,8,9);1-2H3. The molecule has 1 heterocycles. The van der Waals surface area contributed by atoms with Gasteiger partial charge >= 0.3 is 0 Å². The van der Waals surface area contributed by atoms with Crippen LogP contribution in [0.3, 0.4) is 0 Å². The van der Waals surface area contributed by atoms with Gasteiger partial charge in [0.15, 0.2) is 5.95 Å². The molecular weight excluding hydrogens is 145 g/mol. The van der Waals surface area contributed by atoms with E-state index in [1.165, 1.54) is 12.1 Å². The molecule has 1 aromatic heterocycles. The van der Waals surface area contributed by atoms with Crippen molar-refractivity contribution >= 4 is 0 Å². The lowest BCUT2D eigenvalue weighted by molar-refractivity contribution is 0.570. The molecule has 1 N–H and O–H groups in total. The zero-order chi connectivity index (χ0) is 8.85. The minimum atomic E-state index is -0.553. The number of hydrogen-bond donors (Lipinski definition) is 1. The molecule has 0 atom stereocenters. The predicted molar refractivity (Wildman–Crippen MR) is 43.1 cm³/mol. The normalized spacial score (nSPS) is 8.36. The zero-order valence-electron chi connectivity index (χ0n) is 6.94. The van der Waals surface area contributed by atoms with Crippen LogP contribution in [0.15, 0.2) is 16.9 Å². The maximum absolute atomic E-state index is 12.3. The van der Waals surface area contributed by atoms with Crippen molar-refractivity contribution < 1.29 is 4.39 Å². The van der Waals surface area contributed by atoms with Gasteiger partial charge in [-0.15, -0.1) is 0 Å². The third-order valence-corrected chi connectivity index (χ3v) is 1.06. The van der Waals surface area contributed by atoms with Gasteiger partial charge in [0.2, 0.25) is 5.56 Å². The third-order valence-electron chi connectivity index (χ3n) is 1.06. The Labute approximate surface area is 65.1 Å². The number of nitrogens with one attached hydrogen (secondary N) is 1. The van der Waals surface area contributed by atoms with Gasteiger partial charge in [-0.1, -0.05) is 13.8 Å². The van der Waals surface area contributed by atoms with Crippen LogP contribution in [0.25, 0.3) is 0 Å². The quantitative estimate of drug-likeness (QED) is 0.573. The van der Waals surface area contributed by atoms with E-state index in [0.29, 0.717) is 5.56 Å². The molecule has 0 aliphatic rings. The van der Waals surface area contributed by atoms with Crippen LogP contribution in [-0.4, -0.2) is 4.98 Å². The second-order valence-electron chi connectivity index (χ2n) is 1.82. The van der Waals surface area contributed by atoms with Gasteiger partial charge in [-0.05, 0) is 13.0 Å². The Kier molecular flexibility index (Phi) is 4.18. The predicted octanol–water partition coefficient (Wildman–Crippen LogP) is 1.85. The van der Waals surface area contributed by atoms with Gasteiger partial charge in [-0.3, -0.25) is 9.78 Å². The van der Waals surface area contributed by atoms with Gasteiger partial charge < -0.3 is 0 Å². The number of aromatic amines is 1. The van der Waals surface area contributed by atoms with E-state index in [2.05, 4.69) is 0 Å². The van der Waals surface area contributed by atoms with E-state index < -0.39 is 11.5 Å². The van der Waals surface area contributed by atoms with E-state index in [0.717, 1.165) is 0 Å². The van der Waals surface area contributed by atoms with Crippen molar-refractivity contribution in [3.8, 4) is 0 Å². The molecule has 0 saturated carbocycles. The lowest BCUT2D eigenvalue weighted by Gasteiger charge is -1.90. The van der Waals surface area contributed by atoms with Crippen LogP contribution >= 0.6 is 0 Å². The molecule has 0 amide bonds. The summed E-state index contributed by atoms with van der Waals surface area (Å²) in [6.45, 7) is 5.59. The molecule has 1 aromatic rings. The lowest BCUT2D eigenvalue weighted by atomic mass is 10.3. The fourth-order valence-corrected chi connectivity index (χ4v) is 0.522. The van der Waals surface area contributed by atoms with Crippen molar-refractivity contribution in [2.24, 2.45) is 0 Å². The van der Waals surface area contributed by atoms with Gasteiger partial charge in [-0.25, -0.2) is 0 Å². The first-order chi connectivity index (χ1) is 5.20. The Balaban J connectivity index is 0.000000461. The average Bonchev–Trinajstić information content (AvgIpc) is 2.02. The number of halogens is 1. The Morgan fingerprint density at radius 1 is 1.36 bits per heavy atom. The second kappa shape index (κ2) is 4.66. The van der Waals surface area contributed by atoms with Crippen LogP contribution < -0.4 is 5.56 Å². The van der Waals surface area contributed by atoms with E-state index in [1.54, 1.807) is 6.92 Å². The summed E-state index contributed by atoms with van der Waals surface area (Å²) in [7, 11) is 0. The van der Waals surface area contributed by atoms with Crippen LogP contribution in [-0.2, 0) is 0 Å². The summed E-state index contributed by atoms with van der Waals surface area (Å²) in [5, 5.41) is 0. The van der Waals surface area contributed by atoms with E-state index in [1.807, 2.05) is 18.8 Å². The number of H-pyrrole nitrogens is 1. The van der Waals surface area contributed by atoms with E-state index in [9.17, 15) is 9.18 Å². The van der Waals surface area contributed by atoms with Crippen LogP contribution in [0.4, 0.5) is 4.39 Å². The van der Waals surface area contributed by atoms with E-state index in [4.69, 9.17) is 0 Å². The Morgan fingerprint density at radius 2 is 1.91 bits per heavy atom. The highest BCUT2D eigenvalue weighted by Crippen LogP contribution is 1.95. The summed E-state index contributed by atoms with van der Waals surface area (Å²) in [5.41, 5.74) is 0.0488. The topological polar surface area (TPSA) is 32.9 Å².